The highest BCUT2D eigenvalue weighted by molar-refractivity contribution is 5.95. The number of benzene rings is 3. The van der Waals surface area contributed by atoms with Crippen LogP contribution in [-0.2, 0) is 6.42 Å². The molecule has 3 aromatic carbocycles. The lowest BCUT2D eigenvalue weighted by Crippen LogP contribution is -1.89. The van der Waals surface area contributed by atoms with E-state index < -0.39 is 0 Å². The van der Waals surface area contributed by atoms with Crippen LogP contribution in [0.15, 0.2) is 83.3 Å². The van der Waals surface area contributed by atoms with Crippen LogP contribution >= 0.6 is 0 Å². The molecule has 112 valence electrons. The Hall–Kier alpha value is -2.87. The molecule has 0 saturated heterocycles. The molecule has 4 aromatic rings. The molecule has 0 aliphatic heterocycles. The van der Waals surface area contributed by atoms with Gasteiger partial charge in [0.15, 0.2) is 0 Å². The van der Waals surface area contributed by atoms with Gasteiger partial charge in [0, 0.05) is 17.4 Å². The van der Waals surface area contributed by atoms with Gasteiger partial charge in [0.1, 0.15) is 17.2 Å². The molecule has 0 fully saturated rings. The molecule has 0 unspecified atom stereocenters. The fourth-order valence-electron chi connectivity index (χ4n) is 2.93. The lowest BCUT2D eigenvalue weighted by atomic mass is 9.99. The van der Waals surface area contributed by atoms with E-state index in [2.05, 4.69) is 12.1 Å². The van der Waals surface area contributed by atoms with E-state index in [0.717, 1.165) is 27.9 Å². The van der Waals surface area contributed by atoms with Gasteiger partial charge in [-0.2, -0.15) is 0 Å². The maximum absolute atomic E-state index is 13.3. The van der Waals surface area contributed by atoms with E-state index in [1.54, 1.807) is 12.1 Å². The predicted molar refractivity (Wildman–Crippen MR) is 90.9 cm³/mol. The maximum atomic E-state index is 13.3. The number of fused-ring (bicyclic) bond motifs is 1. The molecular weight excluding hydrogens is 287 g/mol. The minimum Gasteiger partial charge on any atom is -0.460 e. The van der Waals surface area contributed by atoms with Gasteiger partial charge in [-0.25, -0.2) is 4.39 Å². The zero-order valence-corrected chi connectivity index (χ0v) is 12.5. The molecule has 4 rings (SSSR count). The van der Waals surface area contributed by atoms with Crippen LogP contribution < -0.4 is 0 Å². The zero-order chi connectivity index (χ0) is 15.6. The first kappa shape index (κ1) is 13.8. The molecule has 0 saturated carbocycles. The Balaban J connectivity index is 1.89. The average Bonchev–Trinajstić information content (AvgIpc) is 2.94. The summed E-state index contributed by atoms with van der Waals surface area (Å²) in [5.41, 5.74) is 4.07. The standard InChI is InChI=1S/C21H15FO/c22-17-12-10-16(11-13-17)21-18-8-4-5-9-19(18)23-20(21)14-15-6-2-1-3-7-15/h1-13H,14H2. The van der Waals surface area contributed by atoms with E-state index in [-0.39, 0.29) is 5.82 Å². The molecule has 0 bridgehead atoms. The minimum absolute atomic E-state index is 0.230. The van der Waals surface area contributed by atoms with Crippen molar-refractivity contribution in [2.45, 2.75) is 6.42 Å². The Labute approximate surface area is 134 Å². The Morgan fingerprint density at radius 1 is 0.739 bits per heavy atom. The van der Waals surface area contributed by atoms with Crippen molar-refractivity contribution in [3.63, 3.8) is 0 Å². The smallest absolute Gasteiger partial charge is 0.134 e. The summed E-state index contributed by atoms with van der Waals surface area (Å²) in [6.45, 7) is 0. The van der Waals surface area contributed by atoms with Gasteiger partial charge >= 0.3 is 0 Å². The number of furan rings is 1. The minimum atomic E-state index is -0.230. The second-order valence-electron chi connectivity index (χ2n) is 5.57. The third-order valence-corrected chi connectivity index (χ3v) is 4.01. The summed E-state index contributed by atoms with van der Waals surface area (Å²) in [4.78, 5) is 0. The molecule has 0 N–H and O–H groups in total. The second kappa shape index (κ2) is 5.73. The van der Waals surface area contributed by atoms with Crippen LogP contribution in [0, 0.1) is 5.82 Å². The fourth-order valence-corrected chi connectivity index (χ4v) is 2.93. The molecule has 1 heterocycles. The van der Waals surface area contributed by atoms with Crippen molar-refractivity contribution >= 4 is 11.0 Å². The van der Waals surface area contributed by atoms with Crippen molar-refractivity contribution in [1.29, 1.82) is 0 Å². The fraction of sp³-hybridized carbons (Fsp3) is 0.0476. The molecule has 23 heavy (non-hydrogen) atoms. The van der Waals surface area contributed by atoms with Gasteiger partial charge in [-0.05, 0) is 29.3 Å². The number of hydrogen-bond donors (Lipinski definition) is 0. The van der Waals surface area contributed by atoms with Crippen LogP contribution in [0.3, 0.4) is 0 Å². The van der Waals surface area contributed by atoms with E-state index in [1.807, 2.05) is 42.5 Å². The van der Waals surface area contributed by atoms with Crippen molar-refractivity contribution in [3.05, 3.63) is 96.0 Å². The molecule has 1 nitrogen and oxygen atoms in total. The number of para-hydroxylation sites is 1. The largest absolute Gasteiger partial charge is 0.460 e. The van der Waals surface area contributed by atoms with Crippen molar-refractivity contribution < 1.29 is 8.81 Å². The topological polar surface area (TPSA) is 13.1 Å². The monoisotopic (exact) mass is 302 g/mol. The third-order valence-electron chi connectivity index (χ3n) is 4.01. The van der Waals surface area contributed by atoms with Crippen molar-refractivity contribution in [2.75, 3.05) is 0 Å². The summed E-state index contributed by atoms with van der Waals surface area (Å²) in [6, 6.07) is 24.8. The van der Waals surface area contributed by atoms with Crippen molar-refractivity contribution in [2.24, 2.45) is 0 Å². The van der Waals surface area contributed by atoms with Gasteiger partial charge in [0.2, 0.25) is 0 Å². The van der Waals surface area contributed by atoms with Crippen LogP contribution in [0.25, 0.3) is 22.1 Å². The van der Waals surface area contributed by atoms with E-state index in [1.165, 1.54) is 17.7 Å². The van der Waals surface area contributed by atoms with Crippen LogP contribution in [0.1, 0.15) is 11.3 Å². The lowest BCUT2D eigenvalue weighted by Gasteiger charge is -2.04. The number of hydrogen-bond acceptors (Lipinski definition) is 1. The van der Waals surface area contributed by atoms with Gasteiger partial charge in [-0.15, -0.1) is 0 Å². The molecule has 0 spiro atoms. The first-order valence-corrected chi connectivity index (χ1v) is 7.61. The van der Waals surface area contributed by atoms with Crippen LogP contribution in [0.2, 0.25) is 0 Å². The Bertz CT molecular complexity index is 937. The summed E-state index contributed by atoms with van der Waals surface area (Å²) in [5.74, 6) is 0.676. The number of halogens is 1. The highest BCUT2D eigenvalue weighted by atomic mass is 19.1. The Kier molecular flexibility index (Phi) is 3.43. The molecule has 0 amide bonds. The second-order valence-corrected chi connectivity index (χ2v) is 5.57. The maximum Gasteiger partial charge on any atom is 0.134 e. The lowest BCUT2D eigenvalue weighted by molar-refractivity contribution is 0.564. The highest BCUT2D eigenvalue weighted by Crippen LogP contribution is 2.36. The SMILES string of the molecule is Fc1ccc(-c2c(Cc3ccccc3)oc3ccccc23)cc1. The summed E-state index contributed by atoms with van der Waals surface area (Å²) in [5, 5.41) is 1.06. The van der Waals surface area contributed by atoms with Crippen molar-refractivity contribution in [3.8, 4) is 11.1 Å². The summed E-state index contributed by atoms with van der Waals surface area (Å²) >= 11 is 0. The van der Waals surface area contributed by atoms with E-state index in [0.29, 0.717) is 6.42 Å². The first-order valence-electron chi connectivity index (χ1n) is 7.61. The predicted octanol–water partition coefficient (Wildman–Crippen LogP) is 5.83. The van der Waals surface area contributed by atoms with Gasteiger partial charge in [0.05, 0.1) is 0 Å². The summed E-state index contributed by atoms with van der Waals surface area (Å²) in [6.07, 6.45) is 0.711. The van der Waals surface area contributed by atoms with Gasteiger partial charge in [-0.3, -0.25) is 0 Å². The van der Waals surface area contributed by atoms with Crippen LogP contribution in [-0.4, -0.2) is 0 Å². The Morgan fingerprint density at radius 2 is 1.43 bits per heavy atom. The molecule has 0 aliphatic carbocycles. The molecule has 2 heteroatoms. The van der Waals surface area contributed by atoms with Gasteiger partial charge in [-0.1, -0.05) is 60.7 Å². The summed E-state index contributed by atoms with van der Waals surface area (Å²) < 4.78 is 19.4. The molecule has 0 atom stereocenters. The van der Waals surface area contributed by atoms with Crippen LogP contribution in [0.5, 0.6) is 0 Å². The molecule has 0 aliphatic rings. The Morgan fingerprint density at radius 3 is 2.22 bits per heavy atom. The summed E-state index contributed by atoms with van der Waals surface area (Å²) in [7, 11) is 0. The molecule has 1 aromatic heterocycles. The van der Waals surface area contributed by atoms with E-state index >= 15 is 0 Å². The van der Waals surface area contributed by atoms with Crippen molar-refractivity contribution in [1.82, 2.24) is 0 Å². The molecular formula is C21H15FO. The van der Waals surface area contributed by atoms with E-state index in [4.69, 9.17) is 4.42 Å². The third kappa shape index (κ3) is 2.64. The van der Waals surface area contributed by atoms with Gasteiger partial charge < -0.3 is 4.42 Å². The first-order chi connectivity index (χ1) is 11.3. The van der Waals surface area contributed by atoms with Crippen LogP contribution in [0.4, 0.5) is 4.39 Å². The van der Waals surface area contributed by atoms with Gasteiger partial charge in [0.25, 0.3) is 0 Å². The molecule has 0 radical (unpaired) electrons. The number of rotatable bonds is 3. The normalized spacial score (nSPS) is 11.0. The van der Waals surface area contributed by atoms with E-state index in [9.17, 15) is 4.39 Å². The zero-order valence-electron chi connectivity index (χ0n) is 12.5. The highest BCUT2D eigenvalue weighted by Gasteiger charge is 2.16. The average molecular weight is 302 g/mol. The quantitative estimate of drug-likeness (QED) is 0.464.